The predicted octanol–water partition coefficient (Wildman–Crippen LogP) is 3.92. The maximum absolute atomic E-state index is 14.3. The van der Waals surface area contributed by atoms with E-state index in [1.54, 1.807) is 12.1 Å². The average Bonchev–Trinajstić information content (AvgIpc) is 2.71. The molecule has 1 heterocycles. The van der Waals surface area contributed by atoms with Crippen LogP contribution in [0.25, 0.3) is 0 Å². The monoisotopic (exact) mass is 426 g/mol. The lowest BCUT2D eigenvalue weighted by molar-refractivity contribution is -0.137. The third-order valence-electron chi connectivity index (χ3n) is 5.47. The fourth-order valence-corrected chi connectivity index (χ4v) is 3.79. The third kappa shape index (κ3) is 5.71. The van der Waals surface area contributed by atoms with E-state index in [-0.39, 0.29) is 18.5 Å². The Kier molecular flexibility index (Phi) is 7.33. The highest BCUT2D eigenvalue weighted by atomic mass is 19.4. The fourth-order valence-electron chi connectivity index (χ4n) is 3.79. The van der Waals surface area contributed by atoms with Gasteiger partial charge in [-0.2, -0.15) is 13.2 Å². The standard InChI is InChI=1S/C22H26F4N2O2/c1-30-20-7-4-17(21(23)12-20)14-28-10-9-27(15-19(28)8-11-29)13-16-2-5-18(6-3-16)22(24,25)26/h2-7,12,19,29H,8-11,13-15H2,1H3/t19-/m0/s1. The molecule has 0 radical (unpaired) electrons. The van der Waals surface area contributed by atoms with Gasteiger partial charge in [0.1, 0.15) is 11.6 Å². The van der Waals surface area contributed by atoms with E-state index in [1.165, 1.54) is 25.3 Å². The highest BCUT2D eigenvalue weighted by Crippen LogP contribution is 2.29. The molecule has 0 unspecified atom stereocenters. The van der Waals surface area contributed by atoms with Crippen LogP contribution in [0.5, 0.6) is 5.75 Å². The van der Waals surface area contributed by atoms with Crippen molar-refractivity contribution in [1.82, 2.24) is 9.80 Å². The molecule has 1 aliphatic heterocycles. The van der Waals surface area contributed by atoms with Crippen LogP contribution in [0.1, 0.15) is 23.1 Å². The Morgan fingerprint density at radius 1 is 1.07 bits per heavy atom. The number of nitrogens with zero attached hydrogens (tertiary/aromatic N) is 2. The van der Waals surface area contributed by atoms with Crippen molar-refractivity contribution in [2.24, 2.45) is 0 Å². The summed E-state index contributed by atoms with van der Waals surface area (Å²) in [5, 5.41) is 9.47. The number of aliphatic hydroxyl groups is 1. The molecule has 1 atom stereocenters. The van der Waals surface area contributed by atoms with Gasteiger partial charge < -0.3 is 9.84 Å². The summed E-state index contributed by atoms with van der Waals surface area (Å²) in [6.45, 7) is 3.01. The number of ether oxygens (including phenoxy) is 1. The number of benzene rings is 2. The highest BCUT2D eigenvalue weighted by Gasteiger charge is 2.30. The molecule has 1 saturated heterocycles. The molecule has 0 aromatic heterocycles. The Labute approximate surface area is 173 Å². The maximum Gasteiger partial charge on any atom is 0.416 e. The van der Waals surface area contributed by atoms with Crippen molar-refractivity contribution in [2.75, 3.05) is 33.4 Å². The molecule has 30 heavy (non-hydrogen) atoms. The zero-order chi connectivity index (χ0) is 21.7. The Hall–Kier alpha value is -2.16. The Morgan fingerprint density at radius 2 is 1.80 bits per heavy atom. The van der Waals surface area contributed by atoms with Crippen molar-refractivity contribution in [1.29, 1.82) is 0 Å². The second-order valence-corrected chi connectivity index (χ2v) is 7.52. The van der Waals surface area contributed by atoms with Crippen molar-refractivity contribution in [3.63, 3.8) is 0 Å². The van der Waals surface area contributed by atoms with Gasteiger partial charge >= 0.3 is 6.18 Å². The summed E-state index contributed by atoms with van der Waals surface area (Å²) < 4.78 is 57.6. The first-order valence-electron chi connectivity index (χ1n) is 9.86. The smallest absolute Gasteiger partial charge is 0.416 e. The molecule has 0 spiro atoms. The van der Waals surface area contributed by atoms with Crippen LogP contribution in [0.3, 0.4) is 0 Å². The van der Waals surface area contributed by atoms with Gasteiger partial charge in [0.2, 0.25) is 0 Å². The minimum atomic E-state index is -4.34. The summed E-state index contributed by atoms with van der Waals surface area (Å²) in [5.41, 5.74) is 0.714. The van der Waals surface area contributed by atoms with E-state index in [2.05, 4.69) is 9.80 Å². The van der Waals surface area contributed by atoms with Crippen LogP contribution in [-0.2, 0) is 19.3 Å². The number of rotatable bonds is 7. The van der Waals surface area contributed by atoms with Gasteiger partial charge in [0, 0.05) is 57.0 Å². The normalized spacial score (nSPS) is 18.5. The quantitative estimate of drug-likeness (QED) is 0.681. The second kappa shape index (κ2) is 9.76. The van der Waals surface area contributed by atoms with Crippen molar-refractivity contribution in [2.45, 2.75) is 31.7 Å². The van der Waals surface area contributed by atoms with Crippen molar-refractivity contribution in [3.8, 4) is 5.75 Å². The molecule has 0 aliphatic carbocycles. The van der Waals surface area contributed by atoms with Crippen LogP contribution in [0, 0.1) is 5.82 Å². The number of aliphatic hydroxyl groups excluding tert-OH is 1. The van der Waals surface area contributed by atoms with Crippen molar-refractivity contribution >= 4 is 0 Å². The van der Waals surface area contributed by atoms with E-state index in [4.69, 9.17) is 4.74 Å². The molecule has 1 fully saturated rings. The number of hydrogen-bond acceptors (Lipinski definition) is 4. The Bertz CT molecular complexity index is 827. The molecule has 2 aromatic carbocycles. The van der Waals surface area contributed by atoms with E-state index in [0.29, 0.717) is 50.5 Å². The summed E-state index contributed by atoms with van der Waals surface area (Å²) in [4.78, 5) is 4.30. The lowest BCUT2D eigenvalue weighted by Gasteiger charge is -2.41. The van der Waals surface area contributed by atoms with Crippen LogP contribution in [0.2, 0.25) is 0 Å². The van der Waals surface area contributed by atoms with E-state index in [0.717, 1.165) is 17.7 Å². The highest BCUT2D eigenvalue weighted by molar-refractivity contribution is 5.29. The summed E-state index contributed by atoms with van der Waals surface area (Å²) in [7, 11) is 1.49. The summed E-state index contributed by atoms with van der Waals surface area (Å²) >= 11 is 0. The molecule has 3 rings (SSSR count). The van der Waals surface area contributed by atoms with Gasteiger partial charge in [0.25, 0.3) is 0 Å². The van der Waals surface area contributed by atoms with Gasteiger partial charge in [0.05, 0.1) is 12.7 Å². The first-order valence-corrected chi connectivity index (χ1v) is 9.86. The Morgan fingerprint density at radius 3 is 2.40 bits per heavy atom. The minimum absolute atomic E-state index is 0.0143. The molecule has 4 nitrogen and oxygen atoms in total. The zero-order valence-electron chi connectivity index (χ0n) is 16.8. The number of methoxy groups -OCH3 is 1. The Balaban J connectivity index is 1.63. The van der Waals surface area contributed by atoms with Crippen LogP contribution in [0.15, 0.2) is 42.5 Å². The van der Waals surface area contributed by atoms with Crippen molar-refractivity contribution in [3.05, 3.63) is 65.0 Å². The van der Waals surface area contributed by atoms with E-state index in [9.17, 15) is 22.7 Å². The molecule has 0 bridgehead atoms. The minimum Gasteiger partial charge on any atom is -0.497 e. The molecule has 1 N–H and O–H groups in total. The van der Waals surface area contributed by atoms with Gasteiger partial charge in [-0.3, -0.25) is 9.80 Å². The number of halogens is 4. The first kappa shape index (κ1) is 22.5. The number of piperazine rings is 1. The molecule has 0 amide bonds. The van der Waals surface area contributed by atoms with Gasteiger partial charge in [0.15, 0.2) is 0 Å². The predicted molar refractivity (Wildman–Crippen MR) is 106 cm³/mol. The molecule has 8 heteroatoms. The van der Waals surface area contributed by atoms with Gasteiger partial charge in [-0.1, -0.05) is 18.2 Å². The molecule has 2 aromatic rings. The van der Waals surface area contributed by atoms with Gasteiger partial charge in [-0.05, 0) is 30.2 Å². The molecular formula is C22H26F4N2O2. The number of alkyl halides is 3. The first-order chi connectivity index (χ1) is 14.3. The summed E-state index contributed by atoms with van der Waals surface area (Å²) in [5.74, 6) is 0.133. The summed E-state index contributed by atoms with van der Waals surface area (Å²) in [6.07, 6.45) is -3.80. The van der Waals surface area contributed by atoms with E-state index < -0.39 is 11.7 Å². The average molecular weight is 426 g/mol. The van der Waals surface area contributed by atoms with Crippen LogP contribution in [0.4, 0.5) is 17.6 Å². The number of hydrogen-bond donors (Lipinski definition) is 1. The lowest BCUT2D eigenvalue weighted by Crippen LogP contribution is -2.52. The summed E-state index contributed by atoms with van der Waals surface area (Å²) in [6, 6.07) is 10.0. The van der Waals surface area contributed by atoms with Crippen LogP contribution in [-0.4, -0.2) is 54.3 Å². The third-order valence-corrected chi connectivity index (χ3v) is 5.47. The molecule has 1 aliphatic rings. The topological polar surface area (TPSA) is 35.9 Å². The fraction of sp³-hybridized carbons (Fsp3) is 0.455. The second-order valence-electron chi connectivity index (χ2n) is 7.52. The zero-order valence-corrected chi connectivity index (χ0v) is 16.8. The maximum atomic E-state index is 14.3. The van der Waals surface area contributed by atoms with Crippen molar-refractivity contribution < 1.29 is 27.4 Å². The largest absolute Gasteiger partial charge is 0.497 e. The van der Waals surface area contributed by atoms with Crippen LogP contribution < -0.4 is 4.74 Å². The van der Waals surface area contributed by atoms with Gasteiger partial charge in [-0.15, -0.1) is 0 Å². The van der Waals surface area contributed by atoms with E-state index >= 15 is 0 Å². The van der Waals surface area contributed by atoms with Crippen LogP contribution >= 0.6 is 0 Å². The lowest BCUT2D eigenvalue weighted by atomic mass is 10.1. The molecule has 0 saturated carbocycles. The SMILES string of the molecule is COc1ccc(CN2CCN(Cc3ccc(C(F)(F)F)cc3)C[C@@H]2CCO)c(F)c1. The van der Waals surface area contributed by atoms with Gasteiger partial charge in [-0.25, -0.2) is 4.39 Å². The molecular weight excluding hydrogens is 400 g/mol. The van der Waals surface area contributed by atoms with E-state index in [1.807, 2.05) is 0 Å². The molecule has 164 valence electrons.